The Kier molecular flexibility index (Phi) is 6.72. The highest BCUT2D eigenvalue weighted by atomic mass is 35.5. The van der Waals surface area contributed by atoms with Gasteiger partial charge in [0.05, 0.1) is 12.7 Å². The van der Waals surface area contributed by atoms with Crippen molar-refractivity contribution >= 4 is 39.8 Å². The zero-order valence-corrected chi connectivity index (χ0v) is 18.7. The molecule has 2 atom stereocenters. The van der Waals surface area contributed by atoms with Gasteiger partial charge < -0.3 is 15.4 Å². The fourth-order valence-electron chi connectivity index (χ4n) is 3.52. The first kappa shape index (κ1) is 23.9. The van der Waals surface area contributed by atoms with Crippen LogP contribution in [0.1, 0.15) is 39.7 Å². The predicted molar refractivity (Wildman–Crippen MR) is 114 cm³/mol. The van der Waals surface area contributed by atoms with E-state index in [2.05, 4.69) is 10.1 Å². The molecule has 0 saturated heterocycles. The van der Waals surface area contributed by atoms with E-state index in [1.165, 1.54) is 24.3 Å². The van der Waals surface area contributed by atoms with E-state index in [-0.39, 0.29) is 21.2 Å². The Morgan fingerprint density at radius 3 is 2.50 bits per heavy atom. The number of nitriles is 1. The molecule has 1 aliphatic carbocycles. The summed E-state index contributed by atoms with van der Waals surface area (Å²) in [5.74, 6) is -2.63. The molecule has 0 radical (unpaired) electrons. The lowest BCUT2D eigenvalue weighted by Crippen LogP contribution is -2.69. The summed E-state index contributed by atoms with van der Waals surface area (Å²) in [5, 5.41) is 13.6. The molecule has 11 heteroatoms. The molecule has 0 unspecified atom stereocenters. The molecule has 0 bridgehead atoms. The van der Waals surface area contributed by atoms with Gasteiger partial charge >= 0.3 is 17.8 Å². The fourth-order valence-corrected chi connectivity index (χ4v) is 5.06. The molecule has 32 heavy (non-hydrogen) atoms. The number of hydrogen-bond donors (Lipinski definition) is 2. The van der Waals surface area contributed by atoms with Crippen molar-refractivity contribution in [2.75, 3.05) is 12.4 Å². The molecule has 3 rings (SSSR count). The van der Waals surface area contributed by atoms with Gasteiger partial charge in [-0.1, -0.05) is 18.5 Å². The van der Waals surface area contributed by atoms with Crippen LogP contribution in [0.4, 0.5) is 18.2 Å². The van der Waals surface area contributed by atoms with Crippen LogP contribution >= 0.6 is 22.9 Å². The number of carbonyl (C=O) groups is 2. The number of carbonyl (C=O) groups excluding carboxylic acids is 2. The summed E-state index contributed by atoms with van der Waals surface area (Å²) >= 11 is 6.74. The van der Waals surface area contributed by atoms with Crippen LogP contribution in [-0.4, -0.2) is 30.8 Å². The Hall–Kier alpha value is -2.77. The Labute approximate surface area is 191 Å². The SMILES string of the molecule is COC(=O)[C@@](NC(=O)c1ccc(Cl)cc1)(Nc1sc2c(c1C#N)CC[C@@H](C)C2)C(F)(F)F. The number of amides is 1. The first-order valence-electron chi connectivity index (χ1n) is 9.58. The molecule has 0 spiro atoms. The third-order valence-electron chi connectivity index (χ3n) is 5.25. The number of alkyl halides is 3. The van der Waals surface area contributed by atoms with E-state index in [1.807, 2.05) is 13.0 Å². The number of esters is 1. The zero-order valence-electron chi connectivity index (χ0n) is 17.1. The smallest absolute Gasteiger partial charge is 0.441 e. The summed E-state index contributed by atoms with van der Waals surface area (Å²) in [6, 6.07) is 7.06. The molecule has 1 aromatic heterocycles. The molecule has 2 N–H and O–H groups in total. The highest BCUT2D eigenvalue weighted by Crippen LogP contribution is 2.42. The minimum Gasteiger partial charge on any atom is -0.466 e. The number of anilines is 1. The lowest BCUT2D eigenvalue weighted by atomic mass is 9.88. The van der Waals surface area contributed by atoms with E-state index >= 15 is 0 Å². The van der Waals surface area contributed by atoms with E-state index in [0.29, 0.717) is 24.3 Å². The quantitative estimate of drug-likeness (QED) is 0.474. The van der Waals surface area contributed by atoms with Gasteiger partial charge in [0, 0.05) is 15.5 Å². The van der Waals surface area contributed by atoms with Crippen LogP contribution in [0, 0.1) is 17.2 Å². The summed E-state index contributed by atoms with van der Waals surface area (Å²) in [7, 11) is 0.783. The summed E-state index contributed by atoms with van der Waals surface area (Å²) in [5.41, 5.74) is -3.05. The monoisotopic (exact) mass is 485 g/mol. The third kappa shape index (κ3) is 4.40. The minimum atomic E-state index is -5.30. The van der Waals surface area contributed by atoms with Crippen molar-refractivity contribution < 1.29 is 27.5 Å². The average molecular weight is 486 g/mol. The number of halogens is 4. The first-order chi connectivity index (χ1) is 15.0. The maximum absolute atomic E-state index is 14.3. The van der Waals surface area contributed by atoms with Gasteiger partial charge in [-0.15, -0.1) is 11.3 Å². The Bertz CT molecular complexity index is 1080. The van der Waals surface area contributed by atoms with Crippen molar-refractivity contribution in [1.29, 1.82) is 5.26 Å². The van der Waals surface area contributed by atoms with E-state index in [0.717, 1.165) is 29.7 Å². The topological polar surface area (TPSA) is 91.2 Å². The standard InChI is InChI=1S/C21H19ClF3N3O3S/c1-11-3-8-14-15(10-26)18(32-16(14)9-11)28-20(19(30)31-2,21(23,24)25)27-17(29)12-4-6-13(22)7-5-12/h4-7,11,28H,3,8-9H2,1-2H3,(H,27,29)/t11-,20-/m1/s1. The predicted octanol–water partition coefficient (Wildman–Crippen LogP) is 4.67. The number of thiophene rings is 1. The molecule has 2 aromatic rings. The van der Waals surface area contributed by atoms with Crippen LogP contribution in [0.15, 0.2) is 24.3 Å². The van der Waals surface area contributed by atoms with Crippen LogP contribution in [-0.2, 0) is 22.4 Å². The molecule has 0 fully saturated rings. The van der Waals surface area contributed by atoms with Crippen LogP contribution < -0.4 is 10.6 Å². The van der Waals surface area contributed by atoms with E-state index < -0.39 is 23.7 Å². The van der Waals surface area contributed by atoms with Gasteiger partial charge in [-0.3, -0.25) is 4.79 Å². The third-order valence-corrected chi connectivity index (χ3v) is 6.67. The number of benzene rings is 1. The van der Waals surface area contributed by atoms with Crippen molar-refractivity contribution in [2.45, 2.75) is 38.0 Å². The molecular weight excluding hydrogens is 467 g/mol. The molecular formula is C21H19ClF3N3O3S. The second kappa shape index (κ2) is 9.00. The number of fused-ring (bicyclic) bond motifs is 1. The van der Waals surface area contributed by atoms with Gasteiger partial charge in [-0.2, -0.15) is 18.4 Å². The van der Waals surface area contributed by atoms with E-state index in [1.54, 1.807) is 5.32 Å². The second-order valence-corrected chi connectivity index (χ2v) is 9.03. The maximum atomic E-state index is 14.3. The largest absolute Gasteiger partial charge is 0.466 e. The molecule has 1 amide bonds. The van der Waals surface area contributed by atoms with Gasteiger partial charge in [-0.25, -0.2) is 4.79 Å². The van der Waals surface area contributed by atoms with Crippen LogP contribution in [0.5, 0.6) is 0 Å². The highest BCUT2D eigenvalue weighted by Gasteiger charge is 2.64. The maximum Gasteiger partial charge on any atom is 0.441 e. The number of nitrogens with zero attached hydrogens (tertiary/aromatic N) is 1. The highest BCUT2D eigenvalue weighted by molar-refractivity contribution is 7.16. The lowest BCUT2D eigenvalue weighted by Gasteiger charge is -2.34. The van der Waals surface area contributed by atoms with Crippen molar-refractivity contribution in [2.24, 2.45) is 5.92 Å². The number of ether oxygens (including phenoxy) is 1. The summed E-state index contributed by atoms with van der Waals surface area (Å²) in [4.78, 5) is 25.9. The molecule has 1 heterocycles. The van der Waals surface area contributed by atoms with Crippen molar-refractivity contribution in [1.82, 2.24) is 5.32 Å². The average Bonchev–Trinajstić information content (AvgIpc) is 3.07. The number of nitrogens with one attached hydrogen (secondary N) is 2. The molecule has 0 aliphatic heterocycles. The van der Waals surface area contributed by atoms with Gasteiger partial charge in [-0.05, 0) is 55.0 Å². The Morgan fingerprint density at radius 2 is 1.94 bits per heavy atom. The summed E-state index contributed by atoms with van der Waals surface area (Å²) in [6.07, 6.45) is -3.34. The fraction of sp³-hybridized carbons (Fsp3) is 0.381. The van der Waals surface area contributed by atoms with Crippen LogP contribution in [0.2, 0.25) is 5.02 Å². The Morgan fingerprint density at radius 1 is 1.28 bits per heavy atom. The van der Waals surface area contributed by atoms with Crippen molar-refractivity contribution in [3.63, 3.8) is 0 Å². The summed E-state index contributed by atoms with van der Waals surface area (Å²) < 4.78 is 47.5. The molecule has 0 saturated carbocycles. The first-order valence-corrected chi connectivity index (χ1v) is 10.8. The minimum absolute atomic E-state index is 0.0372. The van der Waals surface area contributed by atoms with Crippen LogP contribution in [0.3, 0.4) is 0 Å². The van der Waals surface area contributed by atoms with Crippen molar-refractivity contribution in [3.05, 3.63) is 50.9 Å². The van der Waals surface area contributed by atoms with Gasteiger partial charge in [0.15, 0.2) is 0 Å². The van der Waals surface area contributed by atoms with Crippen LogP contribution in [0.25, 0.3) is 0 Å². The van der Waals surface area contributed by atoms with E-state index in [9.17, 15) is 28.0 Å². The lowest BCUT2D eigenvalue weighted by molar-refractivity contribution is -0.203. The molecule has 1 aromatic carbocycles. The van der Waals surface area contributed by atoms with Gasteiger partial charge in [0.2, 0.25) is 0 Å². The van der Waals surface area contributed by atoms with E-state index in [4.69, 9.17) is 11.6 Å². The van der Waals surface area contributed by atoms with Gasteiger partial charge in [0.1, 0.15) is 11.1 Å². The number of hydrogen-bond acceptors (Lipinski definition) is 6. The zero-order chi connectivity index (χ0) is 23.7. The molecule has 6 nitrogen and oxygen atoms in total. The van der Waals surface area contributed by atoms with Gasteiger partial charge in [0.25, 0.3) is 5.91 Å². The molecule has 1 aliphatic rings. The Balaban J connectivity index is 2.08. The number of methoxy groups -OCH3 is 1. The number of rotatable bonds is 5. The van der Waals surface area contributed by atoms with Crippen molar-refractivity contribution in [3.8, 4) is 6.07 Å². The second-order valence-electron chi connectivity index (χ2n) is 7.49. The molecule has 170 valence electrons. The summed E-state index contributed by atoms with van der Waals surface area (Å²) in [6.45, 7) is 2.02. The normalized spacial score (nSPS) is 17.5.